The zero-order valence-electron chi connectivity index (χ0n) is 12.4. The number of rotatable bonds is 5. The van der Waals surface area contributed by atoms with Crippen LogP contribution < -0.4 is 4.74 Å². The van der Waals surface area contributed by atoms with Gasteiger partial charge in [0.25, 0.3) is 0 Å². The van der Waals surface area contributed by atoms with Gasteiger partial charge in [0.1, 0.15) is 23.7 Å². The van der Waals surface area contributed by atoms with Gasteiger partial charge in [-0.15, -0.1) is 5.10 Å². The molecule has 0 aliphatic carbocycles. The lowest BCUT2D eigenvalue weighted by Crippen LogP contribution is -2.07. The lowest BCUT2D eigenvalue weighted by Gasteiger charge is -2.07. The van der Waals surface area contributed by atoms with E-state index in [0.717, 1.165) is 21.5 Å². The molecule has 2 heterocycles. The fraction of sp³-hybridized carbons (Fsp3) is 0.267. The number of aliphatic hydroxyl groups excluding tert-OH is 1. The molecule has 0 aliphatic heterocycles. The molecule has 0 aliphatic rings. The van der Waals surface area contributed by atoms with E-state index >= 15 is 0 Å². The third-order valence-corrected chi connectivity index (χ3v) is 4.36. The Morgan fingerprint density at radius 2 is 2.00 bits per heavy atom. The standard InChI is InChI=1S/C15H16N4O2S/c1-10-11(2)22-15(16-10)19-14(13(8-20)17-18-19)9-21-12-6-4-3-5-7-12/h3-7,20H,8-9H2,1-2H3. The molecule has 7 heteroatoms. The van der Waals surface area contributed by atoms with Gasteiger partial charge in [0.15, 0.2) is 0 Å². The number of benzene rings is 1. The van der Waals surface area contributed by atoms with E-state index in [-0.39, 0.29) is 13.2 Å². The van der Waals surface area contributed by atoms with Crippen LogP contribution in [0.2, 0.25) is 0 Å². The van der Waals surface area contributed by atoms with Gasteiger partial charge in [-0.3, -0.25) is 0 Å². The quantitative estimate of drug-likeness (QED) is 0.782. The number of aromatic nitrogens is 4. The first-order chi connectivity index (χ1) is 10.7. The van der Waals surface area contributed by atoms with E-state index < -0.39 is 0 Å². The van der Waals surface area contributed by atoms with Gasteiger partial charge in [-0.2, -0.15) is 4.68 Å². The molecule has 0 saturated heterocycles. The maximum absolute atomic E-state index is 9.45. The van der Waals surface area contributed by atoms with Gasteiger partial charge in [0.05, 0.1) is 12.3 Å². The van der Waals surface area contributed by atoms with Crippen molar-refractivity contribution in [2.45, 2.75) is 27.1 Å². The van der Waals surface area contributed by atoms with Crippen molar-refractivity contribution in [3.05, 3.63) is 52.3 Å². The van der Waals surface area contributed by atoms with E-state index in [1.54, 1.807) is 4.68 Å². The van der Waals surface area contributed by atoms with Gasteiger partial charge in [0.2, 0.25) is 5.13 Å². The minimum Gasteiger partial charge on any atom is -0.487 e. The largest absolute Gasteiger partial charge is 0.487 e. The van der Waals surface area contributed by atoms with Crippen LogP contribution in [0.3, 0.4) is 0 Å². The Labute approximate surface area is 132 Å². The lowest BCUT2D eigenvalue weighted by atomic mass is 10.3. The van der Waals surface area contributed by atoms with E-state index in [0.29, 0.717) is 11.4 Å². The normalized spacial score (nSPS) is 10.9. The Bertz CT molecular complexity index is 748. The molecular weight excluding hydrogens is 300 g/mol. The Morgan fingerprint density at radius 1 is 1.23 bits per heavy atom. The molecule has 0 radical (unpaired) electrons. The molecule has 2 aromatic heterocycles. The van der Waals surface area contributed by atoms with Crippen LogP contribution in [0.5, 0.6) is 5.75 Å². The molecule has 114 valence electrons. The molecule has 0 atom stereocenters. The highest BCUT2D eigenvalue weighted by atomic mass is 32.1. The third kappa shape index (κ3) is 2.86. The van der Waals surface area contributed by atoms with Crippen LogP contribution in [0.15, 0.2) is 30.3 Å². The summed E-state index contributed by atoms with van der Waals surface area (Å²) in [5.74, 6) is 0.755. The molecule has 0 amide bonds. The smallest absolute Gasteiger partial charge is 0.212 e. The van der Waals surface area contributed by atoms with Crippen LogP contribution >= 0.6 is 11.3 Å². The van der Waals surface area contributed by atoms with Crippen LogP contribution in [0.25, 0.3) is 5.13 Å². The van der Waals surface area contributed by atoms with E-state index in [9.17, 15) is 5.11 Å². The number of thiazole rings is 1. The third-order valence-electron chi connectivity index (χ3n) is 3.31. The first-order valence-electron chi connectivity index (χ1n) is 6.85. The second-order valence-electron chi connectivity index (χ2n) is 4.79. The predicted molar refractivity (Wildman–Crippen MR) is 83.2 cm³/mol. The summed E-state index contributed by atoms with van der Waals surface area (Å²) in [5, 5.41) is 18.3. The first kappa shape index (κ1) is 14.7. The van der Waals surface area contributed by atoms with Gasteiger partial charge in [-0.1, -0.05) is 34.7 Å². The number of para-hydroxylation sites is 1. The van der Waals surface area contributed by atoms with Gasteiger partial charge < -0.3 is 9.84 Å². The molecule has 3 rings (SSSR count). The highest BCUT2D eigenvalue weighted by molar-refractivity contribution is 7.14. The van der Waals surface area contributed by atoms with Gasteiger partial charge in [-0.25, -0.2) is 4.98 Å². The van der Waals surface area contributed by atoms with E-state index in [2.05, 4.69) is 15.3 Å². The fourth-order valence-electron chi connectivity index (χ4n) is 1.97. The maximum Gasteiger partial charge on any atom is 0.212 e. The van der Waals surface area contributed by atoms with Crippen molar-refractivity contribution in [3.63, 3.8) is 0 Å². The van der Waals surface area contributed by atoms with Crippen LogP contribution in [0, 0.1) is 13.8 Å². The first-order valence-corrected chi connectivity index (χ1v) is 7.67. The zero-order chi connectivity index (χ0) is 15.5. The van der Waals surface area contributed by atoms with Crippen LogP contribution in [-0.2, 0) is 13.2 Å². The van der Waals surface area contributed by atoms with Crippen LogP contribution in [-0.4, -0.2) is 25.1 Å². The van der Waals surface area contributed by atoms with Crippen molar-refractivity contribution in [3.8, 4) is 10.9 Å². The Balaban J connectivity index is 1.90. The summed E-state index contributed by atoms with van der Waals surface area (Å²) >= 11 is 1.54. The summed E-state index contributed by atoms with van der Waals surface area (Å²) in [6.07, 6.45) is 0. The number of aryl methyl sites for hydroxylation is 2. The van der Waals surface area contributed by atoms with Gasteiger partial charge in [-0.05, 0) is 26.0 Å². The Hall–Kier alpha value is -2.25. The van der Waals surface area contributed by atoms with Crippen molar-refractivity contribution in [1.82, 2.24) is 20.0 Å². The number of nitrogens with zero attached hydrogens (tertiary/aromatic N) is 4. The molecule has 6 nitrogen and oxygen atoms in total. The molecule has 0 bridgehead atoms. The molecule has 1 N–H and O–H groups in total. The lowest BCUT2D eigenvalue weighted by molar-refractivity contribution is 0.263. The predicted octanol–water partition coefficient (Wildman–Crippen LogP) is 2.41. The summed E-state index contributed by atoms with van der Waals surface area (Å²) < 4.78 is 7.40. The molecule has 0 spiro atoms. The number of ether oxygens (including phenoxy) is 1. The minimum absolute atomic E-state index is 0.184. The topological polar surface area (TPSA) is 73.1 Å². The highest BCUT2D eigenvalue weighted by Gasteiger charge is 2.17. The van der Waals surface area contributed by atoms with Crippen molar-refractivity contribution >= 4 is 11.3 Å². The molecule has 0 saturated carbocycles. The van der Waals surface area contributed by atoms with Crippen LogP contribution in [0.4, 0.5) is 0 Å². The summed E-state index contributed by atoms with van der Waals surface area (Å²) in [7, 11) is 0. The molecule has 3 aromatic rings. The van der Waals surface area contributed by atoms with Crippen molar-refractivity contribution < 1.29 is 9.84 Å². The average molecular weight is 316 g/mol. The van der Waals surface area contributed by atoms with E-state index in [4.69, 9.17) is 4.74 Å². The van der Waals surface area contributed by atoms with Gasteiger partial charge in [0, 0.05) is 4.88 Å². The van der Waals surface area contributed by atoms with Crippen molar-refractivity contribution in [1.29, 1.82) is 0 Å². The number of hydrogen-bond acceptors (Lipinski definition) is 6. The average Bonchev–Trinajstić information content (AvgIpc) is 3.09. The monoisotopic (exact) mass is 316 g/mol. The Kier molecular flexibility index (Phi) is 4.17. The molecular formula is C15H16N4O2S. The molecule has 1 aromatic carbocycles. The molecule has 0 unspecified atom stereocenters. The number of hydrogen-bond donors (Lipinski definition) is 1. The van der Waals surface area contributed by atoms with Crippen LogP contribution in [0.1, 0.15) is 22.0 Å². The second kappa shape index (κ2) is 6.25. The maximum atomic E-state index is 9.45. The SMILES string of the molecule is Cc1nc(-n2nnc(CO)c2COc2ccccc2)sc1C. The zero-order valence-corrected chi connectivity index (χ0v) is 13.2. The molecule has 0 fully saturated rings. The Morgan fingerprint density at radius 3 is 2.64 bits per heavy atom. The van der Waals surface area contributed by atoms with Crippen molar-refractivity contribution in [2.24, 2.45) is 0 Å². The summed E-state index contributed by atoms with van der Waals surface area (Å²) in [6, 6.07) is 9.50. The fourth-order valence-corrected chi connectivity index (χ4v) is 2.85. The summed E-state index contributed by atoms with van der Waals surface area (Å²) in [6.45, 7) is 4.06. The number of aliphatic hydroxyl groups is 1. The second-order valence-corrected chi connectivity index (χ2v) is 5.97. The van der Waals surface area contributed by atoms with E-state index in [1.165, 1.54) is 11.3 Å². The highest BCUT2D eigenvalue weighted by Crippen LogP contribution is 2.23. The van der Waals surface area contributed by atoms with Crippen molar-refractivity contribution in [2.75, 3.05) is 0 Å². The summed E-state index contributed by atoms with van der Waals surface area (Å²) in [5.41, 5.74) is 2.18. The van der Waals surface area contributed by atoms with Gasteiger partial charge >= 0.3 is 0 Å². The van der Waals surface area contributed by atoms with E-state index in [1.807, 2.05) is 44.2 Å². The minimum atomic E-state index is -0.184. The molecule has 22 heavy (non-hydrogen) atoms. The summed E-state index contributed by atoms with van der Waals surface area (Å²) in [4.78, 5) is 5.62.